The molecule has 1 unspecified atom stereocenters. The minimum atomic E-state index is -4.64. The first-order valence-corrected chi connectivity index (χ1v) is 8.47. The molecule has 1 atom stereocenters. The molecule has 0 radical (unpaired) electrons. The van der Waals surface area contributed by atoms with Gasteiger partial charge in [-0.3, -0.25) is 0 Å². The molecule has 1 saturated heterocycles. The maximum Gasteiger partial charge on any atom is 0.451 e. The Morgan fingerprint density at radius 3 is 2.89 bits per heavy atom. The fourth-order valence-corrected chi connectivity index (χ4v) is 3.31. The molecule has 4 rings (SSSR count). The number of aromatic nitrogens is 6. The van der Waals surface area contributed by atoms with Crippen molar-refractivity contribution in [2.75, 3.05) is 29.9 Å². The third-order valence-corrected chi connectivity index (χ3v) is 4.68. The molecule has 3 aromatic rings. The number of nitrogens with zero attached hydrogens (tertiary/aromatic N) is 7. The average Bonchev–Trinajstić information content (AvgIpc) is 3.15. The van der Waals surface area contributed by atoms with Crippen molar-refractivity contribution in [3.8, 4) is 0 Å². The van der Waals surface area contributed by atoms with Crippen LogP contribution in [0.15, 0.2) is 24.7 Å². The van der Waals surface area contributed by atoms with Crippen LogP contribution in [-0.2, 0) is 6.18 Å². The van der Waals surface area contributed by atoms with E-state index in [4.69, 9.17) is 0 Å². The normalized spacial score (nSPS) is 18.1. The number of likely N-dealkylation sites (N-methyl/N-ethyl adjacent to an activating group) is 1. The van der Waals surface area contributed by atoms with E-state index >= 15 is 0 Å². The van der Waals surface area contributed by atoms with Crippen LogP contribution in [-0.4, -0.2) is 56.3 Å². The Bertz CT molecular complexity index is 926. The number of imidazole rings is 1. The number of piperidine rings is 1. The maximum absolute atomic E-state index is 13.2. The second kappa shape index (κ2) is 6.63. The van der Waals surface area contributed by atoms with Gasteiger partial charge in [-0.25, -0.2) is 15.0 Å². The van der Waals surface area contributed by atoms with Gasteiger partial charge >= 0.3 is 6.18 Å². The van der Waals surface area contributed by atoms with E-state index in [9.17, 15) is 13.2 Å². The number of hydrogen-bond acceptors (Lipinski definition) is 7. The first-order chi connectivity index (χ1) is 12.9. The van der Waals surface area contributed by atoms with E-state index in [1.54, 1.807) is 18.1 Å². The van der Waals surface area contributed by atoms with Gasteiger partial charge in [-0.15, -0.1) is 5.10 Å². The summed E-state index contributed by atoms with van der Waals surface area (Å²) in [5.41, 5.74) is 0.392. The summed E-state index contributed by atoms with van der Waals surface area (Å²) in [5.74, 6) is -0.248. The third kappa shape index (κ3) is 3.36. The van der Waals surface area contributed by atoms with Gasteiger partial charge in [-0.05, 0) is 25.0 Å². The molecule has 27 heavy (non-hydrogen) atoms. The third-order valence-electron chi connectivity index (χ3n) is 4.68. The number of alkyl halides is 3. The van der Waals surface area contributed by atoms with E-state index in [1.165, 1.54) is 6.33 Å². The molecule has 1 aliphatic rings. The monoisotopic (exact) mass is 378 g/mol. The summed E-state index contributed by atoms with van der Waals surface area (Å²) < 4.78 is 39.6. The Labute approximate surface area is 152 Å². The van der Waals surface area contributed by atoms with Gasteiger partial charge in [-0.2, -0.15) is 18.3 Å². The zero-order chi connectivity index (χ0) is 19.0. The van der Waals surface area contributed by atoms with E-state index in [2.05, 4.69) is 35.0 Å². The Morgan fingerprint density at radius 1 is 1.30 bits per heavy atom. The first kappa shape index (κ1) is 17.4. The molecule has 0 saturated carbocycles. The predicted molar refractivity (Wildman–Crippen MR) is 92.4 cm³/mol. The van der Waals surface area contributed by atoms with Crippen LogP contribution in [0.2, 0.25) is 0 Å². The smallest absolute Gasteiger partial charge is 0.353 e. The van der Waals surface area contributed by atoms with Crippen LogP contribution in [0.1, 0.15) is 18.7 Å². The molecule has 142 valence electrons. The van der Waals surface area contributed by atoms with Crippen molar-refractivity contribution in [3.05, 3.63) is 30.5 Å². The SMILES string of the molecule is CN(c1nc(C(F)(F)F)nc2nc[nH]c12)C1CCCN(c2cccnn2)C1. The molecule has 0 spiro atoms. The van der Waals surface area contributed by atoms with E-state index in [0.717, 1.165) is 25.2 Å². The number of fused-ring (bicyclic) bond motifs is 1. The molecule has 0 amide bonds. The van der Waals surface area contributed by atoms with Gasteiger partial charge in [-0.1, -0.05) is 0 Å². The molecule has 1 fully saturated rings. The van der Waals surface area contributed by atoms with Gasteiger partial charge in [0, 0.05) is 32.4 Å². The fourth-order valence-electron chi connectivity index (χ4n) is 3.31. The van der Waals surface area contributed by atoms with Gasteiger partial charge in [0.15, 0.2) is 17.3 Å². The molecular formula is C16H17F3N8. The minimum absolute atomic E-state index is 0.000710. The van der Waals surface area contributed by atoms with Crippen molar-refractivity contribution in [2.45, 2.75) is 25.1 Å². The van der Waals surface area contributed by atoms with Gasteiger partial charge in [0.2, 0.25) is 5.82 Å². The number of H-pyrrole nitrogens is 1. The quantitative estimate of drug-likeness (QED) is 0.748. The van der Waals surface area contributed by atoms with Crippen LogP contribution in [0.3, 0.4) is 0 Å². The molecule has 8 nitrogen and oxygen atoms in total. The van der Waals surface area contributed by atoms with E-state index in [-0.39, 0.29) is 17.5 Å². The Hall–Kier alpha value is -2.98. The van der Waals surface area contributed by atoms with Gasteiger partial charge in [0.1, 0.15) is 5.52 Å². The zero-order valence-corrected chi connectivity index (χ0v) is 14.5. The highest BCUT2D eigenvalue weighted by Crippen LogP contribution is 2.32. The molecule has 4 heterocycles. The van der Waals surface area contributed by atoms with Crippen LogP contribution in [0.4, 0.5) is 24.8 Å². The number of halogens is 3. The predicted octanol–water partition coefficient (Wildman–Crippen LogP) is 2.27. The number of rotatable bonds is 3. The van der Waals surface area contributed by atoms with E-state index < -0.39 is 12.0 Å². The molecule has 1 N–H and O–H groups in total. The summed E-state index contributed by atoms with van der Waals surface area (Å²) in [5, 5.41) is 8.02. The molecule has 0 bridgehead atoms. The van der Waals surface area contributed by atoms with Crippen molar-refractivity contribution in [3.63, 3.8) is 0 Å². The highest BCUT2D eigenvalue weighted by atomic mass is 19.4. The molecule has 3 aromatic heterocycles. The van der Waals surface area contributed by atoms with Crippen molar-refractivity contribution in [2.24, 2.45) is 0 Å². The van der Waals surface area contributed by atoms with Crippen LogP contribution in [0.25, 0.3) is 11.2 Å². The molecule has 11 heteroatoms. The topological polar surface area (TPSA) is 86.7 Å². The summed E-state index contributed by atoms with van der Waals surface area (Å²) in [6.45, 7) is 1.43. The van der Waals surface area contributed by atoms with Crippen LogP contribution >= 0.6 is 0 Å². The van der Waals surface area contributed by atoms with Crippen LogP contribution < -0.4 is 9.80 Å². The summed E-state index contributed by atoms with van der Waals surface area (Å²) in [7, 11) is 1.74. The van der Waals surface area contributed by atoms with Crippen molar-refractivity contribution < 1.29 is 13.2 Å². The summed E-state index contributed by atoms with van der Waals surface area (Å²) >= 11 is 0. The van der Waals surface area contributed by atoms with Crippen molar-refractivity contribution >= 4 is 22.8 Å². The van der Waals surface area contributed by atoms with Gasteiger partial charge < -0.3 is 14.8 Å². The standard InChI is InChI=1S/C16H17F3N8/c1-26(10-4-3-7-27(8-10)11-5-2-6-22-25-11)14-12-13(21-9-20-12)23-15(24-14)16(17,18)19/h2,5-6,9-10H,3-4,7-8H2,1H3,(H,20,21,23,24). The highest BCUT2D eigenvalue weighted by Gasteiger charge is 2.37. The summed E-state index contributed by atoms with van der Waals surface area (Å²) in [6.07, 6.45) is -0.000723. The number of aromatic amines is 1. The lowest BCUT2D eigenvalue weighted by Crippen LogP contribution is -2.47. The lowest BCUT2D eigenvalue weighted by atomic mass is 10.0. The Kier molecular flexibility index (Phi) is 4.28. The Balaban J connectivity index is 1.66. The van der Waals surface area contributed by atoms with Crippen LogP contribution in [0.5, 0.6) is 0 Å². The van der Waals surface area contributed by atoms with Crippen molar-refractivity contribution in [1.82, 2.24) is 30.1 Å². The molecule has 1 aliphatic heterocycles. The van der Waals surface area contributed by atoms with E-state index in [0.29, 0.717) is 12.1 Å². The summed E-state index contributed by atoms with van der Waals surface area (Å²) in [6, 6.07) is 3.64. The molecule has 0 aromatic carbocycles. The minimum Gasteiger partial charge on any atom is -0.353 e. The lowest BCUT2D eigenvalue weighted by Gasteiger charge is -2.38. The maximum atomic E-state index is 13.2. The highest BCUT2D eigenvalue weighted by molar-refractivity contribution is 5.83. The number of hydrogen-bond donors (Lipinski definition) is 1. The second-order valence-electron chi connectivity index (χ2n) is 6.40. The van der Waals surface area contributed by atoms with Crippen LogP contribution in [0, 0.1) is 0 Å². The average molecular weight is 378 g/mol. The first-order valence-electron chi connectivity index (χ1n) is 8.47. The summed E-state index contributed by atoms with van der Waals surface area (Å²) in [4.78, 5) is 17.9. The van der Waals surface area contributed by atoms with Gasteiger partial charge in [0.25, 0.3) is 0 Å². The largest absolute Gasteiger partial charge is 0.451 e. The molecule has 0 aliphatic carbocycles. The second-order valence-corrected chi connectivity index (χ2v) is 6.40. The zero-order valence-electron chi connectivity index (χ0n) is 14.5. The fraction of sp³-hybridized carbons (Fsp3) is 0.438. The number of nitrogens with one attached hydrogen (secondary N) is 1. The Morgan fingerprint density at radius 2 is 2.15 bits per heavy atom. The number of anilines is 2. The van der Waals surface area contributed by atoms with Gasteiger partial charge in [0.05, 0.1) is 6.33 Å². The lowest BCUT2D eigenvalue weighted by molar-refractivity contribution is -0.144. The van der Waals surface area contributed by atoms with Crippen molar-refractivity contribution in [1.29, 1.82) is 0 Å². The molecular weight excluding hydrogens is 361 g/mol. The van der Waals surface area contributed by atoms with E-state index in [1.807, 2.05) is 12.1 Å².